The van der Waals surface area contributed by atoms with Gasteiger partial charge in [-0.25, -0.2) is 9.50 Å². The van der Waals surface area contributed by atoms with Crippen molar-refractivity contribution in [2.45, 2.75) is 31.7 Å². The maximum atomic E-state index is 4.79. The summed E-state index contributed by atoms with van der Waals surface area (Å²) in [6.45, 7) is 2.35. The Morgan fingerprint density at radius 2 is 2.07 bits per heavy atom. The van der Waals surface area contributed by atoms with Crippen molar-refractivity contribution in [2.75, 3.05) is 37.4 Å². The molecule has 1 aliphatic heterocycles. The third-order valence-corrected chi connectivity index (χ3v) is 6.91. The van der Waals surface area contributed by atoms with Crippen molar-refractivity contribution in [3.8, 4) is 11.3 Å². The Balaban J connectivity index is 1.29. The molecule has 0 atom stereocenters. The van der Waals surface area contributed by atoms with E-state index in [9.17, 15) is 0 Å². The minimum atomic E-state index is 0.565. The molecule has 0 unspecified atom stereocenters. The minimum absolute atomic E-state index is 0.565. The summed E-state index contributed by atoms with van der Waals surface area (Å²) in [5, 5.41) is 12.8. The molecule has 2 N–H and O–H groups in total. The molecule has 3 heterocycles. The lowest BCUT2D eigenvalue weighted by molar-refractivity contribution is 0.0718. The quantitative estimate of drug-likeness (QED) is 0.724. The van der Waals surface area contributed by atoms with E-state index in [4.69, 9.17) is 10.1 Å². The van der Waals surface area contributed by atoms with Gasteiger partial charge < -0.3 is 15.5 Å². The normalized spacial score (nSPS) is 19.3. The first-order valence-corrected chi connectivity index (χ1v) is 10.5. The molecule has 1 spiro atoms. The van der Waals surface area contributed by atoms with Gasteiger partial charge in [0, 0.05) is 31.4 Å². The zero-order valence-electron chi connectivity index (χ0n) is 15.9. The number of fused-ring (bicyclic) bond motifs is 1. The number of nitrogens with one attached hydrogen (secondary N) is 2. The highest BCUT2D eigenvalue weighted by molar-refractivity contribution is 7.20. The molecule has 142 valence electrons. The Hall–Kier alpha value is -2.12. The first-order valence-electron chi connectivity index (χ1n) is 9.72. The number of aromatic nitrogens is 3. The molecular formula is C20H26N6S. The van der Waals surface area contributed by atoms with Gasteiger partial charge in [-0.15, -0.1) is 5.10 Å². The topological polar surface area (TPSA) is 57.5 Å². The zero-order chi connectivity index (χ0) is 18.4. The number of imidazole rings is 1. The molecule has 7 heteroatoms. The summed E-state index contributed by atoms with van der Waals surface area (Å²) < 4.78 is 1.91. The van der Waals surface area contributed by atoms with Crippen molar-refractivity contribution in [1.82, 2.24) is 19.9 Å². The van der Waals surface area contributed by atoms with Crippen LogP contribution in [0, 0.1) is 5.41 Å². The van der Waals surface area contributed by atoms with Gasteiger partial charge >= 0.3 is 0 Å². The average molecular weight is 383 g/mol. The van der Waals surface area contributed by atoms with E-state index in [1.54, 1.807) is 11.3 Å². The first-order chi connectivity index (χ1) is 13.1. The summed E-state index contributed by atoms with van der Waals surface area (Å²) in [4.78, 5) is 7.84. The predicted molar refractivity (Wildman–Crippen MR) is 112 cm³/mol. The van der Waals surface area contributed by atoms with E-state index in [-0.39, 0.29) is 0 Å². The largest absolute Gasteiger partial charge is 0.378 e. The van der Waals surface area contributed by atoms with Crippen LogP contribution in [0.3, 0.4) is 0 Å². The number of rotatable bonds is 4. The third kappa shape index (κ3) is 3.19. The Labute approximate surface area is 163 Å². The van der Waals surface area contributed by atoms with Gasteiger partial charge in [-0.05, 0) is 56.3 Å². The van der Waals surface area contributed by atoms with Gasteiger partial charge in [-0.3, -0.25) is 0 Å². The van der Waals surface area contributed by atoms with Crippen LogP contribution in [-0.2, 0) is 0 Å². The van der Waals surface area contributed by atoms with Gasteiger partial charge in [0.2, 0.25) is 10.1 Å². The van der Waals surface area contributed by atoms with Gasteiger partial charge in [0.1, 0.15) is 0 Å². The van der Waals surface area contributed by atoms with Gasteiger partial charge in [-0.1, -0.05) is 23.5 Å². The molecule has 0 amide bonds. The SMILES string of the molecule is CN(C)c1cccc(-c2cn3nc(NC4CC5(CCNCC5)C4)sc3n2)c1. The fraction of sp³-hybridized carbons (Fsp3) is 0.500. The molecule has 3 aromatic rings. The molecule has 2 aliphatic rings. The fourth-order valence-corrected chi connectivity index (χ4v) is 5.33. The second-order valence-corrected chi connectivity index (χ2v) is 9.16. The van der Waals surface area contributed by atoms with Crippen LogP contribution in [0.5, 0.6) is 0 Å². The van der Waals surface area contributed by atoms with Gasteiger partial charge in [0.15, 0.2) is 0 Å². The third-order valence-electron chi connectivity index (χ3n) is 6.05. The number of anilines is 2. The zero-order valence-corrected chi connectivity index (χ0v) is 16.7. The van der Waals surface area contributed by atoms with E-state index in [2.05, 4.69) is 53.9 Å². The predicted octanol–water partition coefficient (Wildman–Crippen LogP) is 3.47. The van der Waals surface area contributed by atoms with Gasteiger partial charge in [0.05, 0.1) is 11.9 Å². The highest BCUT2D eigenvalue weighted by Crippen LogP contribution is 2.49. The summed E-state index contributed by atoms with van der Waals surface area (Å²) in [6, 6.07) is 9.01. The van der Waals surface area contributed by atoms with Crippen LogP contribution in [0.25, 0.3) is 16.2 Å². The molecule has 2 fully saturated rings. The lowest BCUT2D eigenvalue weighted by atomic mass is 9.61. The van der Waals surface area contributed by atoms with E-state index in [0.717, 1.165) is 21.3 Å². The van der Waals surface area contributed by atoms with Gasteiger partial charge in [-0.2, -0.15) is 0 Å². The van der Waals surface area contributed by atoms with Crippen LogP contribution in [0.4, 0.5) is 10.8 Å². The molecule has 5 rings (SSSR count). The molecule has 6 nitrogen and oxygen atoms in total. The Kier molecular flexibility index (Phi) is 4.09. The van der Waals surface area contributed by atoms with Crippen LogP contribution in [-0.4, -0.2) is 47.8 Å². The smallest absolute Gasteiger partial charge is 0.214 e. The molecule has 27 heavy (non-hydrogen) atoms. The standard InChI is InChI=1S/C20H26N6S/c1-25(2)16-5-3-4-14(10-16)17-13-26-19(23-17)27-18(24-26)22-15-11-20(12-15)6-8-21-9-7-20/h3-5,10,13,15,21H,6-9,11-12H2,1-2H3,(H,22,24). The highest BCUT2D eigenvalue weighted by Gasteiger charge is 2.44. The Bertz CT molecular complexity index is 913. The molecule has 1 saturated carbocycles. The number of piperidine rings is 1. The van der Waals surface area contributed by atoms with Crippen LogP contribution < -0.4 is 15.5 Å². The maximum absolute atomic E-state index is 4.79. The Morgan fingerprint density at radius 1 is 1.26 bits per heavy atom. The minimum Gasteiger partial charge on any atom is -0.378 e. The molecule has 1 aliphatic carbocycles. The second-order valence-electron chi connectivity index (χ2n) is 8.20. The van der Waals surface area contributed by atoms with Crippen LogP contribution in [0.1, 0.15) is 25.7 Å². The van der Waals surface area contributed by atoms with Crippen molar-refractivity contribution >= 4 is 27.1 Å². The van der Waals surface area contributed by atoms with Crippen LogP contribution >= 0.6 is 11.3 Å². The van der Waals surface area contributed by atoms with Crippen molar-refractivity contribution < 1.29 is 0 Å². The summed E-state index contributed by atoms with van der Waals surface area (Å²) >= 11 is 1.64. The monoisotopic (exact) mass is 382 g/mol. The summed E-state index contributed by atoms with van der Waals surface area (Å²) in [7, 11) is 4.11. The molecule has 0 radical (unpaired) electrons. The molecule has 2 aromatic heterocycles. The first kappa shape index (κ1) is 17.0. The highest BCUT2D eigenvalue weighted by atomic mass is 32.1. The number of nitrogens with zero attached hydrogens (tertiary/aromatic N) is 4. The number of hydrogen-bond donors (Lipinski definition) is 2. The lowest BCUT2D eigenvalue weighted by Gasteiger charge is -2.50. The molecule has 1 aromatic carbocycles. The van der Waals surface area contributed by atoms with Crippen LogP contribution in [0.2, 0.25) is 0 Å². The van der Waals surface area contributed by atoms with E-state index < -0.39 is 0 Å². The van der Waals surface area contributed by atoms with Crippen molar-refractivity contribution in [2.24, 2.45) is 5.41 Å². The van der Waals surface area contributed by atoms with E-state index in [0.29, 0.717) is 11.5 Å². The van der Waals surface area contributed by atoms with Crippen molar-refractivity contribution in [1.29, 1.82) is 0 Å². The van der Waals surface area contributed by atoms with E-state index >= 15 is 0 Å². The lowest BCUT2D eigenvalue weighted by Crippen LogP contribution is -2.50. The summed E-state index contributed by atoms with van der Waals surface area (Å²) in [6.07, 6.45) is 7.22. The number of hydrogen-bond acceptors (Lipinski definition) is 6. The molecule has 0 bridgehead atoms. The van der Waals surface area contributed by atoms with Crippen LogP contribution in [0.15, 0.2) is 30.5 Å². The molecular weight excluding hydrogens is 356 g/mol. The van der Waals surface area contributed by atoms with Gasteiger partial charge in [0.25, 0.3) is 0 Å². The average Bonchev–Trinajstić information content (AvgIpc) is 3.20. The summed E-state index contributed by atoms with van der Waals surface area (Å²) in [5.41, 5.74) is 3.86. The van der Waals surface area contributed by atoms with E-state index in [1.165, 1.54) is 44.5 Å². The second kappa shape index (κ2) is 6.49. The number of benzene rings is 1. The maximum Gasteiger partial charge on any atom is 0.214 e. The van der Waals surface area contributed by atoms with Crippen molar-refractivity contribution in [3.05, 3.63) is 30.5 Å². The molecule has 1 saturated heterocycles. The van der Waals surface area contributed by atoms with E-state index in [1.807, 2.05) is 10.7 Å². The fourth-order valence-electron chi connectivity index (χ4n) is 4.47. The summed E-state index contributed by atoms with van der Waals surface area (Å²) in [5.74, 6) is 0. The van der Waals surface area contributed by atoms with Crippen molar-refractivity contribution in [3.63, 3.8) is 0 Å². The Morgan fingerprint density at radius 3 is 2.81 bits per heavy atom.